The van der Waals surface area contributed by atoms with Gasteiger partial charge in [0, 0.05) is 18.4 Å². The van der Waals surface area contributed by atoms with Crippen LogP contribution in [-0.4, -0.2) is 41.3 Å². The lowest BCUT2D eigenvalue weighted by molar-refractivity contribution is -0.0861. The van der Waals surface area contributed by atoms with Crippen molar-refractivity contribution in [2.75, 3.05) is 7.11 Å². The van der Waals surface area contributed by atoms with E-state index in [2.05, 4.69) is 19.1 Å². The molecule has 4 aliphatic carbocycles. The van der Waals surface area contributed by atoms with Crippen molar-refractivity contribution in [2.45, 2.75) is 75.9 Å². The van der Waals surface area contributed by atoms with Crippen LogP contribution in [-0.2, 0) is 4.74 Å². The van der Waals surface area contributed by atoms with E-state index < -0.39 is 17.9 Å². The molecule has 2 fully saturated rings. The molecule has 0 radical (unpaired) electrons. The van der Waals surface area contributed by atoms with Crippen molar-refractivity contribution < 1.29 is 19.3 Å². The zero-order chi connectivity index (χ0) is 17.1. The summed E-state index contributed by atoms with van der Waals surface area (Å²) < 4.78 is 20.1. The van der Waals surface area contributed by atoms with Crippen LogP contribution in [0.2, 0.25) is 0 Å². The van der Waals surface area contributed by atoms with Crippen LogP contribution < -0.4 is 0 Å². The molecule has 4 heteroatoms. The molecule has 4 aliphatic rings. The molecule has 0 amide bonds. The molecule has 2 N–H and O–H groups in total. The highest BCUT2D eigenvalue weighted by Gasteiger charge is 2.62. The van der Waals surface area contributed by atoms with Crippen molar-refractivity contribution in [3.05, 3.63) is 23.3 Å². The van der Waals surface area contributed by atoms with Gasteiger partial charge in [-0.15, -0.1) is 0 Å². The maximum atomic E-state index is 14.6. The summed E-state index contributed by atoms with van der Waals surface area (Å²) >= 11 is 0. The first kappa shape index (κ1) is 16.7. The average Bonchev–Trinajstić information content (AvgIpc) is 2.71. The van der Waals surface area contributed by atoms with Gasteiger partial charge in [0.15, 0.2) is 0 Å². The van der Waals surface area contributed by atoms with Crippen molar-refractivity contribution in [3.63, 3.8) is 0 Å². The number of allylic oxidation sites excluding steroid dienone is 1. The Morgan fingerprint density at radius 2 is 2.08 bits per heavy atom. The van der Waals surface area contributed by atoms with Crippen LogP contribution >= 0.6 is 0 Å². The van der Waals surface area contributed by atoms with Crippen LogP contribution in [0.1, 0.15) is 51.9 Å². The van der Waals surface area contributed by atoms with Gasteiger partial charge in [-0.1, -0.05) is 24.6 Å². The Morgan fingerprint density at radius 3 is 2.83 bits per heavy atom. The van der Waals surface area contributed by atoms with Gasteiger partial charge in [0.05, 0.1) is 17.8 Å². The smallest absolute Gasteiger partial charge is 0.127 e. The number of methoxy groups -OCH3 is 1. The summed E-state index contributed by atoms with van der Waals surface area (Å²) in [5, 5.41) is 21.7. The number of rotatable bonds is 1. The SMILES string of the molecule is COC1C(F)CC2C1(C)CC=C1C=C3CC(O)CCC3CC[C@@]12O. The summed E-state index contributed by atoms with van der Waals surface area (Å²) in [5.74, 6) is 0.350. The molecular weight excluding hydrogens is 307 g/mol. The van der Waals surface area contributed by atoms with Gasteiger partial charge in [-0.05, 0) is 56.4 Å². The number of aliphatic hydroxyl groups is 2. The van der Waals surface area contributed by atoms with E-state index in [9.17, 15) is 14.6 Å². The molecule has 6 unspecified atom stereocenters. The molecule has 134 valence electrons. The third kappa shape index (κ3) is 2.26. The van der Waals surface area contributed by atoms with Gasteiger partial charge in [0.25, 0.3) is 0 Å². The van der Waals surface area contributed by atoms with E-state index in [1.165, 1.54) is 5.57 Å². The predicted molar refractivity (Wildman–Crippen MR) is 90.2 cm³/mol. The fraction of sp³-hybridized carbons (Fsp3) is 0.800. The van der Waals surface area contributed by atoms with E-state index in [1.54, 1.807) is 7.11 Å². The molecule has 24 heavy (non-hydrogen) atoms. The summed E-state index contributed by atoms with van der Waals surface area (Å²) in [5.41, 5.74) is 0.929. The van der Waals surface area contributed by atoms with Crippen molar-refractivity contribution >= 4 is 0 Å². The maximum absolute atomic E-state index is 14.6. The quantitative estimate of drug-likeness (QED) is 0.772. The van der Waals surface area contributed by atoms with E-state index in [1.807, 2.05) is 0 Å². The second kappa shape index (κ2) is 5.65. The lowest BCUT2D eigenvalue weighted by Gasteiger charge is -2.48. The minimum Gasteiger partial charge on any atom is -0.393 e. The van der Waals surface area contributed by atoms with E-state index in [0.29, 0.717) is 25.2 Å². The van der Waals surface area contributed by atoms with Crippen molar-refractivity contribution in [1.29, 1.82) is 0 Å². The molecule has 0 bridgehead atoms. The van der Waals surface area contributed by atoms with Gasteiger partial charge in [0.1, 0.15) is 6.17 Å². The summed E-state index contributed by atoms with van der Waals surface area (Å²) in [4.78, 5) is 0. The van der Waals surface area contributed by atoms with Crippen LogP contribution in [0.15, 0.2) is 23.3 Å². The summed E-state index contributed by atoms with van der Waals surface area (Å²) in [6.45, 7) is 2.07. The van der Waals surface area contributed by atoms with Crippen LogP contribution in [0.3, 0.4) is 0 Å². The fourth-order valence-electron chi connectivity index (χ4n) is 6.08. The zero-order valence-corrected chi connectivity index (χ0v) is 14.7. The normalized spacial score (nSPS) is 51.0. The molecule has 3 nitrogen and oxygen atoms in total. The van der Waals surface area contributed by atoms with Crippen molar-refractivity contribution in [1.82, 2.24) is 0 Å². The number of aliphatic hydroxyl groups excluding tert-OH is 1. The molecule has 7 atom stereocenters. The molecule has 0 spiro atoms. The molecule has 0 aromatic carbocycles. The molecular formula is C20H29FO3. The highest BCUT2D eigenvalue weighted by molar-refractivity contribution is 5.40. The summed E-state index contributed by atoms with van der Waals surface area (Å²) in [7, 11) is 1.58. The predicted octanol–water partition coefficient (Wildman–Crippen LogP) is 3.31. The van der Waals surface area contributed by atoms with Crippen LogP contribution in [0, 0.1) is 17.3 Å². The Morgan fingerprint density at radius 1 is 1.29 bits per heavy atom. The Hall–Kier alpha value is -0.710. The Balaban J connectivity index is 1.73. The Kier molecular flexibility index (Phi) is 3.94. The van der Waals surface area contributed by atoms with Crippen LogP contribution in [0.4, 0.5) is 4.39 Å². The Labute approximate surface area is 143 Å². The second-order valence-electron chi connectivity index (χ2n) is 8.64. The average molecular weight is 336 g/mol. The lowest BCUT2D eigenvalue weighted by atomic mass is 9.60. The summed E-state index contributed by atoms with van der Waals surface area (Å²) in [6, 6.07) is 0. The monoisotopic (exact) mass is 336 g/mol. The van der Waals surface area contributed by atoms with E-state index in [-0.39, 0.29) is 17.4 Å². The van der Waals surface area contributed by atoms with Gasteiger partial charge in [0.2, 0.25) is 0 Å². The number of hydrogen-bond acceptors (Lipinski definition) is 3. The van der Waals surface area contributed by atoms with E-state index in [4.69, 9.17) is 4.74 Å². The minimum atomic E-state index is -1.01. The summed E-state index contributed by atoms with van der Waals surface area (Å²) in [6.07, 6.45) is 7.81. The second-order valence-corrected chi connectivity index (χ2v) is 8.64. The largest absolute Gasteiger partial charge is 0.393 e. The highest BCUT2D eigenvalue weighted by Crippen LogP contribution is 2.60. The van der Waals surface area contributed by atoms with Gasteiger partial charge >= 0.3 is 0 Å². The van der Waals surface area contributed by atoms with E-state index >= 15 is 0 Å². The molecule has 0 aromatic rings. The molecule has 0 saturated heterocycles. The van der Waals surface area contributed by atoms with Crippen molar-refractivity contribution in [3.8, 4) is 0 Å². The van der Waals surface area contributed by atoms with Gasteiger partial charge < -0.3 is 14.9 Å². The standard InChI is InChI=1S/C20H29FO3/c1-19-7-6-14-9-13-10-15(22)4-3-12(13)5-8-20(14,23)17(19)11-16(21)18(19)24-2/h6,9,12,15-18,22-23H,3-5,7-8,10-11H2,1-2H3/t12?,15?,16?,17?,18?,19?,20-/m1/s1. The zero-order valence-electron chi connectivity index (χ0n) is 14.7. The topological polar surface area (TPSA) is 49.7 Å². The lowest BCUT2D eigenvalue weighted by Crippen LogP contribution is -2.51. The first-order valence-corrected chi connectivity index (χ1v) is 9.37. The number of halogens is 1. The van der Waals surface area contributed by atoms with Crippen molar-refractivity contribution in [2.24, 2.45) is 17.3 Å². The first-order valence-electron chi connectivity index (χ1n) is 9.37. The van der Waals surface area contributed by atoms with Gasteiger partial charge in [-0.2, -0.15) is 0 Å². The first-order chi connectivity index (χ1) is 11.4. The molecule has 4 rings (SSSR count). The maximum Gasteiger partial charge on any atom is 0.127 e. The van der Waals surface area contributed by atoms with Crippen LogP contribution in [0.25, 0.3) is 0 Å². The number of alkyl halides is 1. The third-order valence-corrected chi connectivity index (χ3v) is 7.39. The number of fused-ring (bicyclic) bond motifs is 4. The molecule has 0 heterocycles. The van der Waals surface area contributed by atoms with E-state index in [0.717, 1.165) is 31.3 Å². The number of hydrogen-bond donors (Lipinski definition) is 2. The number of ether oxygens (including phenoxy) is 1. The fourth-order valence-corrected chi connectivity index (χ4v) is 6.08. The Bertz CT molecular complexity index is 585. The highest BCUT2D eigenvalue weighted by atomic mass is 19.1. The van der Waals surface area contributed by atoms with Crippen LogP contribution in [0.5, 0.6) is 0 Å². The van der Waals surface area contributed by atoms with Gasteiger partial charge in [-0.25, -0.2) is 4.39 Å². The molecule has 0 aliphatic heterocycles. The minimum absolute atomic E-state index is 0.105. The molecule has 0 aromatic heterocycles. The molecule has 2 saturated carbocycles. The third-order valence-electron chi connectivity index (χ3n) is 7.39. The van der Waals surface area contributed by atoms with Gasteiger partial charge in [-0.3, -0.25) is 0 Å².